The number of ether oxygens (including phenoxy) is 1. The summed E-state index contributed by atoms with van der Waals surface area (Å²) in [5.41, 5.74) is -0.0562. The van der Waals surface area contributed by atoms with Gasteiger partial charge in [-0.1, -0.05) is 6.92 Å². The van der Waals surface area contributed by atoms with Crippen molar-refractivity contribution in [1.29, 1.82) is 0 Å². The van der Waals surface area contributed by atoms with Gasteiger partial charge in [-0.05, 0) is 6.92 Å². The van der Waals surface area contributed by atoms with Crippen molar-refractivity contribution >= 4 is 5.97 Å². The molecule has 0 aromatic carbocycles. The number of hydrogen-bond acceptors (Lipinski definition) is 4. The summed E-state index contributed by atoms with van der Waals surface area (Å²) in [5.74, 6) is -0.768. The lowest BCUT2D eigenvalue weighted by Crippen LogP contribution is -2.13. The van der Waals surface area contributed by atoms with Crippen LogP contribution in [0, 0.1) is 0 Å². The molecular weight excluding hydrogens is 160 g/mol. The van der Waals surface area contributed by atoms with Crippen molar-refractivity contribution in [3.8, 4) is 0 Å². The predicted octanol–water partition coefficient (Wildman–Crippen LogP) is 0.764. The van der Waals surface area contributed by atoms with Crippen molar-refractivity contribution in [2.45, 2.75) is 20.3 Å². The standard InChI is InChI=1S/C8H14O4/c1-3-7(10)6(5-9)8(11)12-4-2/h9-10H,3-5H2,1-2H3/b7-6-. The van der Waals surface area contributed by atoms with Gasteiger partial charge in [0.15, 0.2) is 0 Å². The first kappa shape index (κ1) is 11.0. The quantitative estimate of drug-likeness (QED) is 0.375. The van der Waals surface area contributed by atoms with Crippen LogP contribution in [-0.2, 0) is 9.53 Å². The van der Waals surface area contributed by atoms with Crippen molar-refractivity contribution in [2.24, 2.45) is 0 Å². The van der Waals surface area contributed by atoms with Gasteiger partial charge in [0, 0.05) is 6.42 Å². The van der Waals surface area contributed by atoms with E-state index in [2.05, 4.69) is 4.74 Å². The van der Waals surface area contributed by atoms with Gasteiger partial charge in [-0.3, -0.25) is 0 Å². The number of hydrogen-bond donors (Lipinski definition) is 2. The molecule has 2 N–H and O–H groups in total. The highest BCUT2D eigenvalue weighted by atomic mass is 16.5. The Morgan fingerprint density at radius 1 is 1.42 bits per heavy atom. The molecule has 70 valence electrons. The van der Waals surface area contributed by atoms with Crippen molar-refractivity contribution in [3.63, 3.8) is 0 Å². The molecule has 4 nitrogen and oxygen atoms in total. The second-order valence-corrected chi connectivity index (χ2v) is 2.16. The normalized spacial score (nSPS) is 12.2. The van der Waals surface area contributed by atoms with Crippen LogP contribution in [0.1, 0.15) is 20.3 Å². The molecule has 0 heterocycles. The summed E-state index contributed by atoms with van der Waals surface area (Å²) in [6.07, 6.45) is 0.314. The van der Waals surface area contributed by atoms with Crippen LogP contribution in [0.25, 0.3) is 0 Å². The lowest BCUT2D eigenvalue weighted by molar-refractivity contribution is -0.139. The average molecular weight is 174 g/mol. The fourth-order valence-electron chi connectivity index (χ4n) is 0.705. The van der Waals surface area contributed by atoms with E-state index in [9.17, 15) is 4.79 Å². The predicted molar refractivity (Wildman–Crippen MR) is 43.7 cm³/mol. The van der Waals surface area contributed by atoms with Gasteiger partial charge in [-0.15, -0.1) is 0 Å². The molecule has 4 heteroatoms. The van der Waals surface area contributed by atoms with E-state index in [0.29, 0.717) is 6.42 Å². The van der Waals surface area contributed by atoms with Gasteiger partial charge in [0.1, 0.15) is 5.76 Å². The molecule has 0 saturated heterocycles. The maximum Gasteiger partial charge on any atom is 0.339 e. The highest BCUT2D eigenvalue weighted by molar-refractivity contribution is 5.89. The van der Waals surface area contributed by atoms with Crippen LogP contribution in [0.2, 0.25) is 0 Å². The summed E-state index contributed by atoms with van der Waals surface area (Å²) >= 11 is 0. The van der Waals surface area contributed by atoms with E-state index in [0.717, 1.165) is 0 Å². The highest BCUT2D eigenvalue weighted by Crippen LogP contribution is 2.06. The minimum absolute atomic E-state index is 0.0562. The zero-order chi connectivity index (χ0) is 9.56. The molecule has 0 bridgehead atoms. The third-order valence-electron chi connectivity index (χ3n) is 1.36. The number of carbonyl (C=O) groups is 1. The molecule has 12 heavy (non-hydrogen) atoms. The van der Waals surface area contributed by atoms with E-state index in [-0.39, 0.29) is 17.9 Å². The Morgan fingerprint density at radius 2 is 2.00 bits per heavy atom. The van der Waals surface area contributed by atoms with Crippen molar-refractivity contribution < 1.29 is 19.7 Å². The number of carbonyl (C=O) groups excluding carboxylic acids is 1. The Kier molecular flexibility index (Phi) is 5.12. The van der Waals surface area contributed by atoms with Crippen molar-refractivity contribution in [2.75, 3.05) is 13.2 Å². The second kappa shape index (κ2) is 5.60. The Balaban J connectivity index is 4.44. The van der Waals surface area contributed by atoms with Gasteiger partial charge in [0.05, 0.1) is 18.8 Å². The minimum atomic E-state index is -0.653. The van der Waals surface area contributed by atoms with Gasteiger partial charge in [0.25, 0.3) is 0 Å². The molecule has 0 aliphatic carbocycles. The Morgan fingerprint density at radius 3 is 2.33 bits per heavy atom. The summed E-state index contributed by atoms with van der Waals surface area (Å²) in [7, 11) is 0. The fraction of sp³-hybridized carbons (Fsp3) is 0.625. The van der Waals surface area contributed by atoms with E-state index in [1.807, 2.05) is 0 Å². The van der Waals surface area contributed by atoms with Gasteiger partial charge >= 0.3 is 5.97 Å². The molecule has 0 aliphatic heterocycles. The number of aliphatic hydroxyl groups excluding tert-OH is 2. The summed E-state index contributed by atoms with van der Waals surface area (Å²) in [4.78, 5) is 11.0. The number of allylic oxidation sites excluding steroid dienone is 1. The number of esters is 1. The summed E-state index contributed by atoms with van der Waals surface area (Å²) in [5, 5.41) is 17.8. The van der Waals surface area contributed by atoms with Crippen LogP contribution in [0.5, 0.6) is 0 Å². The Labute approximate surface area is 71.5 Å². The summed E-state index contributed by atoms with van der Waals surface area (Å²) < 4.78 is 4.60. The maximum absolute atomic E-state index is 11.0. The second-order valence-electron chi connectivity index (χ2n) is 2.16. The summed E-state index contributed by atoms with van der Waals surface area (Å²) in [6.45, 7) is 3.10. The topological polar surface area (TPSA) is 66.8 Å². The van der Waals surface area contributed by atoms with E-state index < -0.39 is 12.6 Å². The molecule has 0 aromatic heterocycles. The van der Waals surface area contributed by atoms with Gasteiger partial charge in [0.2, 0.25) is 0 Å². The lowest BCUT2D eigenvalue weighted by atomic mass is 10.2. The van der Waals surface area contributed by atoms with Gasteiger partial charge in [-0.25, -0.2) is 4.79 Å². The van der Waals surface area contributed by atoms with E-state index in [1.165, 1.54) is 0 Å². The fourth-order valence-corrected chi connectivity index (χ4v) is 0.705. The Bertz CT molecular complexity index is 183. The first-order valence-electron chi connectivity index (χ1n) is 3.86. The zero-order valence-electron chi connectivity index (χ0n) is 7.33. The third kappa shape index (κ3) is 2.92. The van der Waals surface area contributed by atoms with Gasteiger partial charge in [-0.2, -0.15) is 0 Å². The molecule has 0 radical (unpaired) electrons. The van der Waals surface area contributed by atoms with Gasteiger partial charge < -0.3 is 14.9 Å². The maximum atomic E-state index is 11.0. The molecule has 0 amide bonds. The molecule has 0 saturated carbocycles. The molecular formula is C8H14O4. The number of aliphatic hydroxyl groups is 2. The van der Waals surface area contributed by atoms with E-state index >= 15 is 0 Å². The third-order valence-corrected chi connectivity index (χ3v) is 1.36. The molecule has 0 spiro atoms. The van der Waals surface area contributed by atoms with Crippen LogP contribution in [0.15, 0.2) is 11.3 Å². The molecule has 0 aliphatic rings. The largest absolute Gasteiger partial charge is 0.512 e. The first-order chi connectivity index (χ1) is 5.67. The lowest BCUT2D eigenvalue weighted by Gasteiger charge is -2.05. The van der Waals surface area contributed by atoms with Crippen LogP contribution in [0.3, 0.4) is 0 Å². The molecule has 0 aromatic rings. The zero-order valence-corrected chi connectivity index (χ0v) is 7.33. The first-order valence-corrected chi connectivity index (χ1v) is 3.86. The van der Waals surface area contributed by atoms with Crippen LogP contribution in [-0.4, -0.2) is 29.4 Å². The van der Waals surface area contributed by atoms with Crippen LogP contribution < -0.4 is 0 Å². The monoisotopic (exact) mass is 174 g/mol. The van der Waals surface area contributed by atoms with Crippen LogP contribution >= 0.6 is 0 Å². The molecule has 0 rings (SSSR count). The van der Waals surface area contributed by atoms with E-state index in [1.54, 1.807) is 13.8 Å². The molecule has 0 fully saturated rings. The molecule has 0 atom stereocenters. The SMILES string of the molecule is CCOC(=O)/C(CO)=C(\O)CC. The molecule has 0 unspecified atom stereocenters. The highest BCUT2D eigenvalue weighted by Gasteiger charge is 2.13. The van der Waals surface area contributed by atoms with Crippen molar-refractivity contribution in [1.82, 2.24) is 0 Å². The smallest absolute Gasteiger partial charge is 0.339 e. The minimum Gasteiger partial charge on any atom is -0.512 e. The summed E-state index contributed by atoms with van der Waals surface area (Å²) in [6, 6.07) is 0. The van der Waals surface area contributed by atoms with Crippen molar-refractivity contribution in [3.05, 3.63) is 11.3 Å². The van der Waals surface area contributed by atoms with Crippen LogP contribution in [0.4, 0.5) is 0 Å². The van der Waals surface area contributed by atoms with E-state index in [4.69, 9.17) is 10.2 Å². The number of rotatable bonds is 4. The average Bonchev–Trinajstić information content (AvgIpc) is 2.06. The Hall–Kier alpha value is -1.03.